The number of amides is 1. The van der Waals surface area contributed by atoms with Gasteiger partial charge in [0.05, 0.1) is 11.0 Å². The highest BCUT2D eigenvalue weighted by atomic mass is 32.2. The quantitative estimate of drug-likeness (QED) is 0.912. The summed E-state index contributed by atoms with van der Waals surface area (Å²) in [6.45, 7) is 7.56. The molecule has 1 aromatic rings. The van der Waals surface area contributed by atoms with E-state index < -0.39 is 26.7 Å². The number of carbonyl (C=O) groups is 1. The number of likely N-dealkylation sites (tertiary alicyclic amines) is 1. The van der Waals surface area contributed by atoms with Crippen molar-refractivity contribution in [3.05, 3.63) is 29.8 Å². The Morgan fingerprint density at radius 1 is 1.17 bits per heavy atom. The summed E-state index contributed by atoms with van der Waals surface area (Å²) in [4.78, 5) is 13.6. The molecular formula is C17H25NO4S. The molecule has 1 fully saturated rings. The molecule has 1 heterocycles. The smallest absolute Gasteiger partial charge is 0.223 e. The molecule has 0 spiro atoms. The normalized spacial score (nSPS) is 19.0. The van der Waals surface area contributed by atoms with E-state index in [1.807, 2.05) is 6.92 Å². The van der Waals surface area contributed by atoms with Gasteiger partial charge in [-0.15, -0.1) is 0 Å². The van der Waals surface area contributed by atoms with Gasteiger partial charge >= 0.3 is 0 Å². The topological polar surface area (TPSA) is 74.7 Å². The number of sulfone groups is 1. The lowest BCUT2D eigenvalue weighted by Gasteiger charge is -2.37. The molecule has 0 bridgehead atoms. The van der Waals surface area contributed by atoms with Gasteiger partial charge in [-0.2, -0.15) is 0 Å². The minimum absolute atomic E-state index is 0.135. The Morgan fingerprint density at radius 2 is 1.74 bits per heavy atom. The molecule has 1 N–H and O–H groups in total. The van der Waals surface area contributed by atoms with E-state index in [0.29, 0.717) is 19.4 Å². The fourth-order valence-corrected chi connectivity index (χ4v) is 4.84. The molecular weight excluding hydrogens is 314 g/mol. The lowest BCUT2D eigenvalue weighted by Crippen LogP contribution is -2.53. The number of nitrogens with zero attached hydrogens (tertiary/aromatic N) is 1. The highest BCUT2D eigenvalue weighted by Gasteiger charge is 2.46. The van der Waals surface area contributed by atoms with E-state index in [2.05, 4.69) is 0 Å². The number of aliphatic hydroxyl groups excluding tert-OH is 1. The van der Waals surface area contributed by atoms with Crippen molar-refractivity contribution in [1.82, 2.24) is 4.90 Å². The first kappa shape index (κ1) is 17.9. The zero-order chi connectivity index (χ0) is 17.4. The molecule has 1 aliphatic heterocycles. The summed E-state index contributed by atoms with van der Waals surface area (Å²) in [5.74, 6) is -0.214. The van der Waals surface area contributed by atoms with Crippen LogP contribution in [0.25, 0.3) is 0 Å². The predicted octanol–water partition coefficient (Wildman–Crippen LogP) is 2.12. The molecule has 2 atom stereocenters. The van der Waals surface area contributed by atoms with E-state index in [4.69, 9.17) is 0 Å². The molecule has 1 saturated heterocycles. The lowest BCUT2D eigenvalue weighted by atomic mass is 9.88. The summed E-state index contributed by atoms with van der Waals surface area (Å²) >= 11 is 0. The SMILES string of the molecule is Cc1ccc(S(=O)(=O)[C@H]([C@H](O)C(C)(C)C)N2CCCC2=O)cc1. The average Bonchev–Trinajstić information content (AvgIpc) is 2.84. The molecule has 1 aromatic carbocycles. The number of aryl methyl sites for hydroxylation is 1. The Morgan fingerprint density at radius 3 is 2.17 bits per heavy atom. The standard InChI is InChI=1S/C17H25NO4S/c1-12-7-9-13(10-8-12)23(21,22)16(15(20)17(2,3)4)18-11-5-6-14(18)19/h7-10,15-16,20H,5-6,11H2,1-4H3/t15-,16+/m0/s1. The molecule has 0 radical (unpaired) electrons. The Labute approximate surface area is 138 Å². The van der Waals surface area contributed by atoms with Gasteiger partial charge in [0.25, 0.3) is 0 Å². The van der Waals surface area contributed by atoms with Gasteiger partial charge in [-0.25, -0.2) is 8.42 Å². The molecule has 1 aliphatic rings. The Bertz CT molecular complexity index is 674. The highest BCUT2D eigenvalue weighted by Crippen LogP contribution is 2.33. The van der Waals surface area contributed by atoms with Crippen LogP contribution in [-0.4, -0.2) is 42.4 Å². The average molecular weight is 339 g/mol. The second kappa shape index (κ2) is 6.24. The fourth-order valence-electron chi connectivity index (χ4n) is 2.74. The molecule has 1 amide bonds. The van der Waals surface area contributed by atoms with Crippen molar-refractivity contribution < 1.29 is 18.3 Å². The maximum Gasteiger partial charge on any atom is 0.223 e. The number of hydrogen-bond donors (Lipinski definition) is 1. The van der Waals surface area contributed by atoms with Crippen LogP contribution in [0.4, 0.5) is 0 Å². The van der Waals surface area contributed by atoms with Gasteiger partial charge in [-0.1, -0.05) is 38.5 Å². The Balaban J connectivity index is 2.52. The second-order valence-electron chi connectivity index (χ2n) is 7.25. The van der Waals surface area contributed by atoms with Crippen molar-refractivity contribution in [2.75, 3.05) is 6.54 Å². The van der Waals surface area contributed by atoms with Crippen molar-refractivity contribution in [3.63, 3.8) is 0 Å². The minimum atomic E-state index is -3.86. The van der Waals surface area contributed by atoms with E-state index in [-0.39, 0.29) is 10.8 Å². The third kappa shape index (κ3) is 3.58. The highest BCUT2D eigenvalue weighted by molar-refractivity contribution is 7.92. The number of carbonyl (C=O) groups excluding carboxylic acids is 1. The van der Waals surface area contributed by atoms with Crippen LogP contribution in [-0.2, 0) is 14.6 Å². The number of aliphatic hydroxyl groups is 1. The van der Waals surface area contributed by atoms with Crippen molar-refractivity contribution in [3.8, 4) is 0 Å². The third-order valence-electron chi connectivity index (χ3n) is 4.24. The van der Waals surface area contributed by atoms with Gasteiger partial charge in [0.2, 0.25) is 15.7 Å². The zero-order valence-corrected chi connectivity index (χ0v) is 14.9. The van der Waals surface area contributed by atoms with Crippen LogP contribution in [0, 0.1) is 12.3 Å². The van der Waals surface area contributed by atoms with E-state index in [1.54, 1.807) is 32.9 Å². The van der Waals surface area contributed by atoms with Gasteiger partial charge in [0, 0.05) is 13.0 Å². The molecule has 6 heteroatoms. The van der Waals surface area contributed by atoms with E-state index in [0.717, 1.165) is 5.56 Å². The molecule has 0 aromatic heterocycles. The number of hydrogen-bond acceptors (Lipinski definition) is 4. The van der Waals surface area contributed by atoms with Gasteiger partial charge in [0.15, 0.2) is 5.37 Å². The van der Waals surface area contributed by atoms with Crippen molar-refractivity contribution >= 4 is 15.7 Å². The monoisotopic (exact) mass is 339 g/mol. The third-order valence-corrected chi connectivity index (χ3v) is 6.32. The fraction of sp³-hybridized carbons (Fsp3) is 0.588. The van der Waals surface area contributed by atoms with Crippen LogP contribution in [0.3, 0.4) is 0 Å². The van der Waals surface area contributed by atoms with Crippen LogP contribution in [0.2, 0.25) is 0 Å². The van der Waals surface area contributed by atoms with Gasteiger partial charge < -0.3 is 10.0 Å². The molecule has 5 nitrogen and oxygen atoms in total. The van der Waals surface area contributed by atoms with Crippen LogP contribution in [0.15, 0.2) is 29.2 Å². The Hall–Kier alpha value is -1.40. The van der Waals surface area contributed by atoms with Gasteiger partial charge in [0.1, 0.15) is 0 Å². The summed E-state index contributed by atoms with van der Waals surface area (Å²) in [6, 6.07) is 6.51. The number of benzene rings is 1. The first-order chi connectivity index (χ1) is 10.5. The summed E-state index contributed by atoms with van der Waals surface area (Å²) in [6.07, 6.45) is -0.220. The van der Waals surface area contributed by atoms with Crippen molar-refractivity contribution in [1.29, 1.82) is 0 Å². The maximum absolute atomic E-state index is 13.1. The van der Waals surface area contributed by atoms with E-state index >= 15 is 0 Å². The second-order valence-corrected chi connectivity index (χ2v) is 9.29. The Kier molecular flexibility index (Phi) is 4.87. The first-order valence-corrected chi connectivity index (χ1v) is 9.38. The van der Waals surface area contributed by atoms with Gasteiger partial charge in [-0.05, 0) is 30.9 Å². The molecule has 0 aliphatic carbocycles. The van der Waals surface area contributed by atoms with Crippen LogP contribution in [0.1, 0.15) is 39.2 Å². The van der Waals surface area contributed by atoms with Crippen LogP contribution in [0.5, 0.6) is 0 Å². The van der Waals surface area contributed by atoms with Crippen LogP contribution < -0.4 is 0 Å². The maximum atomic E-state index is 13.1. The molecule has 0 unspecified atom stereocenters. The van der Waals surface area contributed by atoms with Crippen molar-refractivity contribution in [2.24, 2.45) is 5.41 Å². The summed E-state index contributed by atoms with van der Waals surface area (Å²) < 4.78 is 26.2. The largest absolute Gasteiger partial charge is 0.389 e. The number of rotatable bonds is 4. The van der Waals surface area contributed by atoms with Crippen LogP contribution >= 0.6 is 0 Å². The summed E-state index contributed by atoms with van der Waals surface area (Å²) in [5.41, 5.74) is 0.291. The molecule has 0 saturated carbocycles. The van der Waals surface area contributed by atoms with Crippen molar-refractivity contribution in [2.45, 2.75) is 56.9 Å². The molecule has 2 rings (SSSR count). The molecule has 23 heavy (non-hydrogen) atoms. The summed E-state index contributed by atoms with van der Waals surface area (Å²) in [5, 5.41) is 9.45. The zero-order valence-electron chi connectivity index (χ0n) is 14.1. The minimum Gasteiger partial charge on any atom is -0.389 e. The van der Waals surface area contributed by atoms with E-state index in [9.17, 15) is 18.3 Å². The predicted molar refractivity (Wildman–Crippen MR) is 88.6 cm³/mol. The lowest BCUT2D eigenvalue weighted by molar-refractivity contribution is -0.131. The molecule has 128 valence electrons. The van der Waals surface area contributed by atoms with E-state index in [1.165, 1.54) is 17.0 Å². The summed E-state index contributed by atoms with van der Waals surface area (Å²) in [7, 11) is -3.86. The van der Waals surface area contributed by atoms with Gasteiger partial charge in [-0.3, -0.25) is 4.79 Å². The first-order valence-electron chi connectivity index (χ1n) is 7.83.